The normalized spacial score (nSPS) is 12.0. The molecule has 31 heavy (non-hydrogen) atoms. The number of hydrogen-bond acceptors (Lipinski definition) is 5. The number of aryl methyl sites for hydroxylation is 2. The zero-order chi connectivity index (χ0) is 22.3. The topological polar surface area (TPSA) is 61.8 Å². The largest absolute Gasteiger partial charge is 0.260 e. The van der Waals surface area contributed by atoms with E-state index in [2.05, 4.69) is 9.71 Å². The summed E-state index contributed by atoms with van der Waals surface area (Å²) in [5.74, 6) is 0. The molecule has 0 heterocycles. The summed E-state index contributed by atoms with van der Waals surface area (Å²) in [5.41, 5.74) is 3.70. The minimum absolute atomic E-state index is 0.235. The molecule has 5 nitrogen and oxygen atoms in total. The van der Waals surface area contributed by atoms with Crippen LogP contribution in [0.15, 0.2) is 82.7 Å². The highest BCUT2D eigenvalue weighted by atomic mass is 35.5. The summed E-state index contributed by atoms with van der Waals surface area (Å²) < 4.78 is 30.9. The molecule has 0 saturated heterocycles. The molecule has 0 saturated carbocycles. The van der Waals surface area contributed by atoms with Crippen molar-refractivity contribution in [1.82, 2.24) is 8.43 Å². The quantitative estimate of drug-likeness (QED) is 0.246. The lowest BCUT2D eigenvalue weighted by Crippen LogP contribution is -2.28. The van der Waals surface area contributed by atoms with E-state index >= 15 is 0 Å². The zero-order valence-electron chi connectivity index (χ0n) is 17.3. The smallest absolute Gasteiger partial charge is 0.253 e. The Morgan fingerprint density at radius 3 is 2.45 bits per heavy atom. The standard InChI is InChI=1S/C23H24ClN3O2S2/c1-18-8-12-22(13-9-18)31(28,29)27(17-20-6-4-3-5-7-20)30-26-15-14-25-23-16-21(24)11-10-19(23)2/h3-14,16,26H,15,17H2,1-2H3. The molecule has 0 radical (unpaired) electrons. The van der Waals surface area contributed by atoms with Crippen LogP contribution in [0.2, 0.25) is 5.02 Å². The molecule has 1 N–H and O–H groups in total. The fourth-order valence-corrected chi connectivity index (χ4v) is 5.25. The van der Waals surface area contributed by atoms with E-state index in [1.54, 1.807) is 36.5 Å². The van der Waals surface area contributed by atoms with Crippen LogP contribution in [0.4, 0.5) is 5.69 Å². The van der Waals surface area contributed by atoms with Gasteiger partial charge in [-0.15, -0.1) is 3.71 Å². The van der Waals surface area contributed by atoms with Gasteiger partial charge in [0.05, 0.1) is 17.1 Å². The van der Waals surface area contributed by atoms with Crippen molar-refractivity contribution in [2.24, 2.45) is 4.99 Å². The molecule has 3 rings (SSSR count). The van der Waals surface area contributed by atoms with Gasteiger partial charge in [0.2, 0.25) is 0 Å². The number of benzene rings is 3. The molecule has 162 valence electrons. The Morgan fingerprint density at radius 1 is 1.03 bits per heavy atom. The summed E-state index contributed by atoms with van der Waals surface area (Å²) in [6.45, 7) is 4.50. The van der Waals surface area contributed by atoms with E-state index in [4.69, 9.17) is 11.6 Å². The van der Waals surface area contributed by atoms with Gasteiger partial charge in [0.25, 0.3) is 10.0 Å². The number of nitrogens with zero attached hydrogens (tertiary/aromatic N) is 2. The Bertz CT molecular complexity index is 1140. The number of nitrogens with one attached hydrogen (secondary N) is 1. The second-order valence-electron chi connectivity index (χ2n) is 6.95. The molecule has 0 aliphatic heterocycles. The fraction of sp³-hybridized carbons (Fsp3) is 0.174. The Labute approximate surface area is 193 Å². The van der Waals surface area contributed by atoms with Crippen molar-refractivity contribution in [3.8, 4) is 0 Å². The second-order valence-corrected chi connectivity index (χ2v) is 10.4. The van der Waals surface area contributed by atoms with Gasteiger partial charge in [-0.3, -0.25) is 4.99 Å². The minimum atomic E-state index is -3.70. The number of halogens is 1. The summed E-state index contributed by atoms with van der Waals surface area (Å²) in [6.07, 6.45) is 1.70. The van der Waals surface area contributed by atoms with Crippen LogP contribution in [0.3, 0.4) is 0 Å². The van der Waals surface area contributed by atoms with Crippen LogP contribution in [0.1, 0.15) is 16.7 Å². The predicted molar refractivity (Wildman–Crippen MR) is 130 cm³/mol. The van der Waals surface area contributed by atoms with Crippen LogP contribution in [0.25, 0.3) is 0 Å². The average Bonchev–Trinajstić information content (AvgIpc) is 2.76. The summed E-state index contributed by atoms with van der Waals surface area (Å²) in [4.78, 5) is 4.68. The lowest BCUT2D eigenvalue weighted by atomic mass is 10.2. The van der Waals surface area contributed by atoms with Gasteiger partial charge < -0.3 is 0 Å². The molecule has 0 unspecified atom stereocenters. The van der Waals surface area contributed by atoms with Crippen molar-refractivity contribution in [2.45, 2.75) is 25.3 Å². The summed E-state index contributed by atoms with van der Waals surface area (Å²) in [7, 11) is -3.70. The van der Waals surface area contributed by atoms with Crippen molar-refractivity contribution in [3.05, 3.63) is 94.5 Å². The number of rotatable bonds is 9. The Morgan fingerprint density at radius 2 is 1.74 bits per heavy atom. The molecule has 0 fully saturated rings. The van der Waals surface area contributed by atoms with Gasteiger partial charge in [-0.25, -0.2) is 13.1 Å². The number of hydrogen-bond donors (Lipinski definition) is 1. The SMILES string of the molecule is Cc1ccc(S(=O)(=O)N(Cc2ccccc2)SNCC=Nc2cc(Cl)ccc2C)cc1. The highest BCUT2D eigenvalue weighted by molar-refractivity contribution is 8.07. The van der Waals surface area contributed by atoms with E-state index in [0.717, 1.165) is 34.5 Å². The molecule has 3 aromatic rings. The van der Waals surface area contributed by atoms with Gasteiger partial charge in [-0.05, 0) is 49.2 Å². The molecule has 0 aromatic heterocycles. The summed E-state index contributed by atoms with van der Waals surface area (Å²) in [6, 6.07) is 21.9. The van der Waals surface area contributed by atoms with Gasteiger partial charge in [0.15, 0.2) is 0 Å². The fourth-order valence-electron chi connectivity index (χ4n) is 2.74. The Kier molecular flexibility index (Phi) is 8.28. The number of aliphatic imine (C=N–C) groups is 1. The highest BCUT2D eigenvalue weighted by Gasteiger charge is 2.25. The molecule has 0 aliphatic carbocycles. The van der Waals surface area contributed by atoms with E-state index in [9.17, 15) is 8.42 Å². The van der Waals surface area contributed by atoms with Crippen molar-refractivity contribution in [2.75, 3.05) is 6.54 Å². The second kappa shape index (κ2) is 10.9. The zero-order valence-corrected chi connectivity index (χ0v) is 19.7. The first-order valence-corrected chi connectivity index (χ1v) is 12.3. The molecular weight excluding hydrogens is 450 g/mol. The number of sulfonamides is 1. The summed E-state index contributed by atoms with van der Waals surface area (Å²) in [5, 5.41) is 0.623. The first-order valence-electron chi connectivity index (χ1n) is 9.68. The highest BCUT2D eigenvalue weighted by Crippen LogP contribution is 2.25. The van der Waals surface area contributed by atoms with E-state index in [1.807, 2.05) is 56.3 Å². The van der Waals surface area contributed by atoms with E-state index in [-0.39, 0.29) is 11.4 Å². The van der Waals surface area contributed by atoms with Crippen LogP contribution in [0.5, 0.6) is 0 Å². The maximum absolute atomic E-state index is 13.2. The van der Waals surface area contributed by atoms with Gasteiger partial charge >= 0.3 is 0 Å². The predicted octanol–water partition coefficient (Wildman–Crippen LogP) is 5.70. The Hall–Kier alpha value is -2.16. The third-order valence-electron chi connectivity index (χ3n) is 4.48. The van der Waals surface area contributed by atoms with Gasteiger partial charge in [0.1, 0.15) is 0 Å². The first kappa shape index (κ1) is 23.5. The third-order valence-corrected chi connectivity index (χ3v) is 7.69. The molecule has 0 aliphatic rings. The van der Waals surface area contributed by atoms with E-state index in [1.165, 1.54) is 3.71 Å². The first-order chi connectivity index (χ1) is 14.9. The molecule has 0 bridgehead atoms. The van der Waals surface area contributed by atoms with Crippen LogP contribution in [-0.4, -0.2) is 24.9 Å². The maximum atomic E-state index is 13.2. The van der Waals surface area contributed by atoms with Crippen LogP contribution in [-0.2, 0) is 16.6 Å². The molecule has 0 amide bonds. The minimum Gasteiger partial charge on any atom is -0.260 e. The van der Waals surface area contributed by atoms with E-state index < -0.39 is 10.0 Å². The van der Waals surface area contributed by atoms with Crippen LogP contribution < -0.4 is 4.72 Å². The monoisotopic (exact) mass is 473 g/mol. The van der Waals surface area contributed by atoms with Crippen molar-refractivity contribution in [1.29, 1.82) is 0 Å². The third kappa shape index (κ3) is 6.66. The lowest BCUT2D eigenvalue weighted by Gasteiger charge is -2.21. The molecule has 0 atom stereocenters. The molecular formula is C23H24ClN3O2S2. The van der Waals surface area contributed by atoms with Crippen molar-refractivity contribution >= 4 is 45.7 Å². The molecule has 8 heteroatoms. The average molecular weight is 474 g/mol. The molecule has 3 aromatic carbocycles. The van der Waals surface area contributed by atoms with Crippen LogP contribution >= 0.6 is 23.7 Å². The van der Waals surface area contributed by atoms with E-state index in [0.29, 0.717) is 11.6 Å². The van der Waals surface area contributed by atoms with Crippen LogP contribution in [0, 0.1) is 13.8 Å². The van der Waals surface area contributed by atoms with Gasteiger partial charge in [-0.1, -0.05) is 65.7 Å². The van der Waals surface area contributed by atoms with Gasteiger partial charge in [0, 0.05) is 29.9 Å². The van der Waals surface area contributed by atoms with Crippen molar-refractivity contribution < 1.29 is 8.42 Å². The maximum Gasteiger partial charge on any atom is 0.253 e. The van der Waals surface area contributed by atoms with Crippen molar-refractivity contribution in [3.63, 3.8) is 0 Å². The molecule has 0 spiro atoms. The van der Waals surface area contributed by atoms with Gasteiger partial charge in [-0.2, -0.15) is 0 Å². The summed E-state index contributed by atoms with van der Waals surface area (Å²) >= 11 is 7.07. The lowest BCUT2D eigenvalue weighted by molar-refractivity contribution is 0.539. The Balaban J connectivity index is 1.71.